The number of ether oxygens (including phenoxy) is 1. The van der Waals surface area contributed by atoms with Gasteiger partial charge < -0.3 is 10.5 Å². The standard InChI is InChI=1S/C18H22BrNO/c1-12(2)15-6-4-5-7-17(15)21-18-9-8-14(10-13(3)20)11-16(18)19/h4-9,11-13H,10,20H2,1-3H3. The summed E-state index contributed by atoms with van der Waals surface area (Å²) in [6.07, 6.45) is 0.863. The van der Waals surface area contributed by atoms with E-state index in [9.17, 15) is 0 Å². The number of nitrogens with two attached hydrogens (primary N) is 1. The van der Waals surface area contributed by atoms with Crippen molar-refractivity contribution in [2.24, 2.45) is 5.73 Å². The lowest BCUT2D eigenvalue weighted by atomic mass is 10.0. The highest BCUT2D eigenvalue weighted by Gasteiger charge is 2.10. The summed E-state index contributed by atoms with van der Waals surface area (Å²) in [6.45, 7) is 6.35. The number of hydrogen-bond acceptors (Lipinski definition) is 2. The van der Waals surface area contributed by atoms with Crippen molar-refractivity contribution >= 4 is 15.9 Å². The van der Waals surface area contributed by atoms with E-state index in [2.05, 4.69) is 48.0 Å². The molecule has 0 bridgehead atoms. The molecule has 3 heteroatoms. The molecule has 21 heavy (non-hydrogen) atoms. The molecule has 2 aromatic rings. The quantitative estimate of drug-likeness (QED) is 0.800. The fourth-order valence-electron chi connectivity index (χ4n) is 2.29. The molecule has 0 aliphatic carbocycles. The highest BCUT2D eigenvalue weighted by atomic mass is 79.9. The largest absolute Gasteiger partial charge is 0.456 e. The van der Waals surface area contributed by atoms with Gasteiger partial charge in [0.05, 0.1) is 4.47 Å². The van der Waals surface area contributed by atoms with Gasteiger partial charge in [-0.1, -0.05) is 38.1 Å². The first-order chi connectivity index (χ1) is 9.97. The molecule has 2 rings (SSSR count). The fourth-order valence-corrected chi connectivity index (χ4v) is 2.80. The van der Waals surface area contributed by atoms with E-state index >= 15 is 0 Å². The van der Waals surface area contributed by atoms with Crippen LogP contribution in [0.1, 0.15) is 37.8 Å². The monoisotopic (exact) mass is 347 g/mol. The molecule has 0 aliphatic heterocycles. The van der Waals surface area contributed by atoms with Crippen LogP contribution in [0, 0.1) is 0 Å². The molecule has 0 radical (unpaired) electrons. The molecule has 0 fully saturated rings. The SMILES string of the molecule is CC(N)Cc1ccc(Oc2ccccc2C(C)C)c(Br)c1. The average molecular weight is 348 g/mol. The van der Waals surface area contributed by atoms with Gasteiger partial charge in [0.15, 0.2) is 0 Å². The minimum atomic E-state index is 0.158. The Balaban J connectivity index is 2.24. The third-order valence-corrected chi connectivity index (χ3v) is 3.93. The summed E-state index contributed by atoms with van der Waals surface area (Å²) in [5.41, 5.74) is 8.26. The van der Waals surface area contributed by atoms with Crippen molar-refractivity contribution in [1.29, 1.82) is 0 Å². The van der Waals surface area contributed by atoms with Gasteiger partial charge in [0.25, 0.3) is 0 Å². The predicted octanol–water partition coefficient (Wildman–Crippen LogP) is 5.25. The van der Waals surface area contributed by atoms with Crippen molar-refractivity contribution in [3.05, 3.63) is 58.1 Å². The molecule has 0 spiro atoms. The van der Waals surface area contributed by atoms with Gasteiger partial charge in [-0.15, -0.1) is 0 Å². The Morgan fingerprint density at radius 1 is 1.05 bits per heavy atom. The Hall–Kier alpha value is -1.32. The molecular formula is C18H22BrNO. The summed E-state index contributed by atoms with van der Waals surface area (Å²) in [6, 6.07) is 14.5. The molecule has 0 heterocycles. The molecule has 2 N–H and O–H groups in total. The van der Waals surface area contributed by atoms with Gasteiger partial charge in [-0.05, 0) is 64.5 Å². The molecule has 0 saturated heterocycles. The first-order valence-electron chi connectivity index (χ1n) is 7.28. The molecule has 1 atom stereocenters. The molecule has 2 aromatic carbocycles. The summed E-state index contributed by atoms with van der Waals surface area (Å²) >= 11 is 3.59. The van der Waals surface area contributed by atoms with E-state index < -0.39 is 0 Å². The molecule has 0 aliphatic rings. The lowest BCUT2D eigenvalue weighted by Crippen LogP contribution is -2.17. The van der Waals surface area contributed by atoms with Gasteiger partial charge in [0.2, 0.25) is 0 Å². The van der Waals surface area contributed by atoms with Crippen LogP contribution in [0.2, 0.25) is 0 Å². The molecule has 2 nitrogen and oxygen atoms in total. The van der Waals surface area contributed by atoms with Crippen LogP contribution in [0.4, 0.5) is 0 Å². The number of benzene rings is 2. The van der Waals surface area contributed by atoms with Crippen molar-refractivity contribution in [2.75, 3.05) is 0 Å². The predicted molar refractivity (Wildman–Crippen MR) is 92.1 cm³/mol. The maximum Gasteiger partial charge on any atom is 0.141 e. The van der Waals surface area contributed by atoms with Crippen molar-refractivity contribution in [3.8, 4) is 11.5 Å². The van der Waals surface area contributed by atoms with E-state index in [0.717, 1.165) is 22.4 Å². The molecular weight excluding hydrogens is 326 g/mol. The van der Waals surface area contributed by atoms with Gasteiger partial charge >= 0.3 is 0 Å². The Labute approximate surface area is 135 Å². The van der Waals surface area contributed by atoms with Crippen molar-refractivity contribution < 1.29 is 4.74 Å². The summed E-state index contributed by atoms with van der Waals surface area (Å²) < 4.78 is 7.04. The van der Waals surface area contributed by atoms with Crippen LogP contribution in [0.5, 0.6) is 11.5 Å². The van der Waals surface area contributed by atoms with E-state index in [4.69, 9.17) is 10.5 Å². The van der Waals surface area contributed by atoms with Gasteiger partial charge in [0.1, 0.15) is 11.5 Å². The van der Waals surface area contributed by atoms with Crippen molar-refractivity contribution in [1.82, 2.24) is 0 Å². The van der Waals surface area contributed by atoms with Crippen LogP contribution in [0.3, 0.4) is 0 Å². The minimum absolute atomic E-state index is 0.158. The third kappa shape index (κ3) is 4.32. The van der Waals surface area contributed by atoms with Gasteiger partial charge in [0, 0.05) is 6.04 Å². The number of hydrogen-bond donors (Lipinski definition) is 1. The van der Waals surface area contributed by atoms with E-state index in [1.807, 2.05) is 31.2 Å². The molecule has 1 unspecified atom stereocenters. The van der Waals surface area contributed by atoms with Crippen LogP contribution in [-0.2, 0) is 6.42 Å². The number of halogens is 1. The topological polar surface area (TPSA) is 35.2 Å². The normalized spacial score (nSPS) is 12.5. The highest BCUT2D eigenvalue weighted by Crippen LogP contribution is 2.34. The maximum absolute atomic E-state index is 6.08. The third-order valence-electron chi connectivity index (χ3n) is 3.31. The van der Waals surface area contributed by atoms with Gasteiger partial charge in [-0.3, -0.25) is 0 Å². The number of para-hydroxylation sites is 1. The zero-order valence-electron chi connectivity index (χ0n) is 12.8. The summed E-state index contributed by atoms with van der Waals surface area (Å²) in [4.78, 5) is 0. The Kier molecular flexibility index (Phi) is 5.43. The maximum atomic E-state index is 6.08. The van der Waals surface area contributed by atoms with E-state index in [0.29, 0.717) is 5.92 Å². The fraction of sp³-hybridized carbons (Fsp3) is 0.333. The Morgan fingerprint density at radius 2 is 1.76 bits per heavy atom. The zero-order chi connectivity index (χ0) is 15.4. The molecule has 0 amide bonds. The molecule has 0 aromatic heterocycles. The second-order valence-electron chi connectivity index (χ2n) is 5.74. The van der Waals surface area contributed by atoms with E-state index in [-0.39, 0.29) is 6.04 Å². The smallest absolute Gasteiger partial charge is 0.141 e. The average Bonchev–Trinajstić information content (AvgIpc) is 2.41. The minimum Gasteiger partial charge on any atom is -0.456 e. The Bertz CT molecular complexity index is 608. The lowest BCUT2D eigenvalue weighted by Gasteiger charge is -2.15. The number of rotatable bonds is 5. The summed E-state index contributed by atoms with van der Waals surface area (Å²) in [5, 5.41) is 0. The lowest BCUT2D eigenvalue weighted by molar-refractivity contribution is 0.470. The van der Waals surface area contributed by atoms with Crippen LogP contribution >= 0.6 is 15.9 Å². The second kappa shape index (κ2) is 7.10. The first kappa shape index (κ1) is 16.1. The van der Waals surface area contributed by atoms with Crippen LogP contribution < -0.4 is 10.5 Å². The Morgan fingerprint density at radius 3 is 2.38 bits per heavy atom. The van der Waals surface area contributed by atoms with Crippen LogP contribution in [-0.4, -0.2) is 6.04 Å². The molecule has 112 valence electrons. The second-order valence-corrected chi connectivity index (χ2v) is 6.60. The van der Waals surface area contributed by atoms with Crippen molar-refractivity contribution in [2.45, 2.75) is 39.2 Å². The van der Waals surface area contributed by atoms with Crippen LogP contribution in [0.15, 0.2) is 46.9 Å². The van der Waals surface area contributed by atoms with E-state index in [1.54, 1.807) is 0 Å². The van der Waals surface area contributed by atoms with Crippen molar-refractivity contribution in [3.63, 3.8) is 0 Å². The van der Waals surface area contributed by atoms with Crippen LogP contribution in [0.25, 0.3) is 0 Å². The van der Waals surface area contributed by atoms with Gasteiger partial charge in [-0.25, -0.2) is 0 Å². The highest BCUT2D eigenvalue weighted by molar-refractivity contribution is 9.10. The van der Waals surface area contributed by atoms with Gasteiger partial charge in [-0.2, -0.15) is 0 Å². The summed E-state index contributed by atoms with van der Waals surface area (Å²) in [5.74, 6) is 2.17. The van der Waals surface area contributed by atoms with E-state index in [1.165, 1.54) is 11.1 Å². The zero-order valence-corrected chi connectivity index (χ0v) is 14.4. The summed E-state index contributed by atoms with van der Waals surface area (Å²) in [7, 11) is 0. The first-order valence-corrected chi connectivity index (χ1v) is 8.07. The molecule has 0 saturated carbocycles.